The molecule has 1 rings (SSSR count). The lowest BCUT2D eigenvalue weighted by atomic mass is 10.1. The summed E-state index contributed by atoms with van der Waals surface area (Å²) in [7, 11) is 0. The SMILES string of the molecule is [C-]#[N+]c1cc(F)c(/C=C/C(=O)OC(C)(C)C)cc1Cl. The van der Waals surface area contributed by atoms with Crippen LogP contribution in [0.2, 0.25) is 5.02 Å². The third-order valence-electron chi connectivity index (χ3n) is 1.99. The summed E-state index contributed by atoms with van der Waals surface area (Å²) in [4.78, 5) is 14.5. The van der Waals surface area contributed by atoms with E-state index >= 15 is 0 Å². The molecule has 1 aromatic carbocycles. The fraction of sp³-hybridized carbons (Fsp3) is 0.286. The number of rotatable bonds is 2. The molecule has 0 saturated heterocycles. The van der Waals surface area contributed by atoms with Crippen molar-refractivity contribution in [3.8, 4) is 0 Å². The molecule has 0 heterocycles. The molecule has 0 saturated carbocycles. The summed E-state index contributed by atoms with van der Waals surface area (Å²) >= 11 is 5.79. The summed E-state index contributed by atoms with van der Waals surface area (Å²) in [6, 6.07) is 2.33. The molecule has 19 heavy (non-hydrogen) atoms. The minimum Gasteiger partial charge on any atom is -0.457 e. The molecular weight excluding hydrogens is 269 g/mol. The Morgan fingerprint density at radius 2 is 2.11 bits per heavy atom. The maximum atomic E-state index is 13.6. The van der Waals surface area contributed by atoms with E-state index in [4.69, 9.17) is 22.9 Å². The van der Waals surface area contributed by atoms with Crippen LogP contribution in [0.5, 0.6) is 0 Å². The lowest BCUT2D eigenvalue weighted by Crippen LogP contribution is -2.22. The van der Waals surface area contributed by atoms with Crippen LogP contribution >= 0.6 is 11.6 Å². The van der Waals surface area contributed by atoms with Crippen LogP contribution in [0.15, 0.2) is 18.2 Å². The second kappa shape index (κ2) is 5.85. The van der Waals surface area contributed by atoms with Crippen LogP contribution in [-0.4, -0.2) is 11.6 Å². The third kappa shape index (κ3) is 4.72. The van der Waals surface area contributed by atoms with Gasteiger partial charge in [0.15, 0.2) is 0 Å². The Labute approximate surface area is 116 Å². The van der Waals surface area contributed by atoms with Gasteiger partial charge in [0.1, 0.15) is 11.4 Å². The van der Waals surface area contributed by atoms with E-state index in [1.54, 1.807) is 20.8 Å². The van der Waals surface area contributed by atoms with Gasteiger partial charge in [0, 0.05) is 16.7 Å². The van der Waals surface area contributed by atoms with Crippen molar-refractivity contribution in [2.45, 2.75) is 26.4 Å². The maximum Gasteiger partial charge on any atom is 0.331 e. The third-order valence-corrected chi connectivity index (χ3v) is 2.30. The van der Waals surface area contributed by atoms with Crippen LogP contribution in [0.3, 0.4) is 0 Å². The van der Waals surface area contributed by atoms with Crippen molar-refractivity contribution < 1.29 is 13.9 Å². The van der Waals surface area contributed by atoms with Gasteiger partial charge < -0.3 is 4.74 Å². The molecule has 0 radical (unpaired) electrons. The lowest BCUT2D eigenvalue weighted by Gasteiger charge is -2.17. The number of halogens is 2. The monoisotopic (exact) mass is 281 g/mol. The van der Waals surface area contributed by atoms with Crippen LogP contribution in [0.4, 0.5) is 10.1 Å². The van der Waals surface area contributed by atoms with Gasteiger partial charge in [-0.2, -0.15) is 0 Å². The summed E-state index contributed by atoms with van der Waals surface area (Å²) < 4.78 is 18.6. The van der Waals surface area contributed by atoms with Gasteiger partial charge in [0.05, 0.1) is 6.57 Å². The van der Waals surface area contributed by atoms with E-state index in [1.807, 2.05) is 0 Å². The molecule has 0 atom stereocenters. The van der Waals surface area contributed by atoms with Crippen LogP contribution in [0, 0.1) is 12.4 Å². The molecule has 3 nitrogen and oxygen atoms in total. The van der Waals surface area contributed by atoms with Crippen LogP contribution in [-0.2, 0) is 9.53 Å². The van der Waals surface area contributed by atoms with Crippen molar-refractivity contribution in [2.24, 2.45) is 0 Å². The van der Waals surface area contributed by atoms with E-state index in [0.29, 0.717) is 0 Å². The van der Waals surface area contributed by atoms with E-state index in [9.17, 15) is 9.18 Å². The molecule has 0 spiro atoms. The van der Waals surface area contributed by atoms with Crippen molar-refractivity contribution >= 4 is 29.3 Å². The smallest absolute Gasteiger partial charge is 0.331 e. The fourth-order valence-corrected chi connectivity index (χ4v) is 1.47. The number of carbonyl (C=O) groups is 1. The predicted octanol–water partition coefficient (Wildman–Crippen LogP) is 4.38. The molecular formula is C14H13ClFNO2. The van der Waals surface area contributed by atoms with Gasteiger partial charge in [0.25, 0.3) is 0 Å². The molecule has 0 bridgehead atoms. The van der Waals surface area contributed by atoms with Crippen LogP contribution in [0.1, 0.15) is 26.3 Å². The number of ether oxygens (including phenoxy) is 1. The number of nitrogens with zero attached hydrogens (tertiary/aromatic N) is 1. The molecule has 0 aromatic heterocycles. The zero-order chi connectivity index (χ0) is 14.6. The summed E-state index contributed by atoms with van der Waals surface area (Å²) in [5.41, 5.74) is -0.442. The van der Waals surface area contributed by atoms with Gasteiger partial charge in [0.2, 0.25) is 5.69 Å². The average molecular weight is 282 g/mol. The molecule has 100 valence electrons. The van der Waals surface area contributed by atoms with E-state index < -0.39 is 17.4 Å². The molecule has 5 heteroatoms. The Balaban J connectivity index is 2.92. The van der Waals surface area contributed by atoms with Crippen molar-refractivity contribution in [3.05, 3.63) is 46.0 Å². The van der Waals surface area contributed by atoms with Gasteiger partial charge in [-0.15, -0.1) is 0 Å². The summed E-state index contributed by atoms with van der Waals surface area (Å²) in [6.45, 7) is 12.0. The standard InChI is InChI=1S/C14H13ClFNO2/c1-14(2,3)19-13(18)6-5-9-7-10(15)12(17-4)8-11(9)16/h5-8H,1-3H3/b6-5+. The van der Waals surface area contributed by atoms with Crippen molar-refractivity contribution in [1.29, 1.82) is 0 Å². The first-order valence-corrected chi connectivity index (χ1v) is 5.88. The summed E-state index contributed by atoms with van der Waals surface area (Å²) in [5, 5.41) is 0.139. The first-order chi connectivity index (χ1) is 8.73. The number of hydrogen-bond donors (Lipinski definition) is 0. The quantitative estimate of drug-likeness (QED) is 0.457. The van der Waals surface area contributed by atoms with Crippen molar-refractivity contribution in [1.82, 2.24) is 0 Å². The van der Waals surface area contributed by atoms with Gasteiger partial charge >= 0.3 is 5.97 Å². The molecule has 0 aliphatic heterocycles. The number of carbonyl (C=O) groups excluding carboxylic acids is 1. The Kier molecular flexibility index (Phi) is 4.68. The van der Waals surface area contributed by atoms with Gasteiger partial charge in [-0.3, -0.25) is 0 Å². The Bertz CT molecular complexity index is 568. The molecule has 0 aliphatic carbocycles. The molecule has 0 unspecified atom stereocenters. The highest BCUT2D eigenvalue weighted by molar-refractivity contribution is 6.33. The highest BCUT2D eigenvalue weighted by Crippen LogP contribution is 2.28. The largest absolute Gasteiger partial charge is 0.457 e. The Morgan fingerprint density at radius 1 is 1.47 bits per heavy atom. The van der Waals surface area contributed by atoms with Crippen molar-refractivity contribution in [2.75, 3.05) is 0 Å². The van der Waals surface area contributed by atoms with E-state index in [1.165, 1.54) is 12.1 Å². The van der Waals surface area contributed by atoms with Gasteiger partial charge in [-0.05, 0) is 39.0 Å². The van der Waals surface area contributed by atoms with E-state index in [-0.39, 0.29) is 16.3 Å². The zero-order valence-electron chi connectivity index (χ0n) is 10.8. The van der Waals surface area contributed by atoms with Gasteiger partial charge in [-0.1, -0.05) is 11.6 Å². The predicted molar refractivity (Wildman–Crippen MR) is 72.6 cm³/mol. The van der Waals surface area contributed by atoms with Gasteiger partial charge in [-0.25, -0.2) is 14.0 Å². The maximum absolute atomic E-state index is 13.6. The topological polar surface area (TPSA) is 30.7 Å². The number of hydrogen-bond acceptors (Lipinski definition) is 2. The highest BCUT2D eigenvalue weighted by Gasteiger charge is 2.14. The number of esters is 1. The minimum atomic E-state index is -0.616. The average Bonchev–Trinajstić information content (AvgIpc) is 2.27. The van der Waals surface area contributed by atoms with E-state index in [0.717, 1.165) is 12.1 Å². The summed E-state index contributed by atoms with van der Waals surface area (Å²) in [5.74, 6) is -1.19. The van der Waals surface area contributed by atoms with Crippen LogP contribution in [0.25, 0.3) is 10.9 Å². The highest BCUT2D eigenvalue weighted by atomic mass is 35.5. The molecule has 0 aliphatic rings. The zero-order valence-corrected chi connectivity index (χ0v) is 11.6. The normalized spacial score (nSPS) is 11.4. The molecule has 0 N–H and O–H groups in total. The molecule has 0 amide bonds. The number of benzene rings is 1. The molecule has 0 fully saturated rings. The lowest BCUT2D eigenvalue weighted by molar-refractivity contribution is -0.148. The Hall–Kier alpha value is -1.86. The first-order valence-electron chi connectivity index (χ1n) is 5.50. The minimum absolute atomic E-state index is 0.0357. The second-order valence-corrected chi connectivity index (χ2v) is 5.21. The summed E-state index contributed by atoms with van der Waals surface area (Å²) in [6.07, 6.45) is 2.39. The first kappa shape index (κ1) is 15.2. The second-order valence-electron chi connectivity index (χ2n) is 4.80. The molecule has 1 aromatic rings. The van der Waals surface area contributed by atoms with E-state index in [2.05, 4.69) is 4.85 Å². The van der Waals surface area contributed by atoms with Crippen LogP contribution < -0.4 is 0 Å². The Morgan fingerprint density at radius 3 is 2.63 bits per heavy atom. The van der Waals surface area contributed by atoms with Crippen molar-refractivity contribution in [3.63, 3.8) is 0 Å². The fourth-order valence-electron chi connectivity index (χ4n) is 1.26.